The normalized spacial score (nSPS) is 15.2. The van der Waals surface area contributed by atoms with Crippen LogP contribution in [0.1, 0.15) is 29.8 Å². The van der Waals surface area contributed by atoms with Crippen LogP contribution in [-0.2, 0) is 4.79 Å². The largest absolute Gasteiger partial charge is 0.388 e. The topological polar surface area (TPSA) is 102 Å². The van der Waals surface area contributed by atoms with E-state index in [1.54, 1.807) is 17.0 Å². The fourth-order valence-electron chi connectivity index (χ4n) is 2.79. The van der Waals surface area contributed by atoms with Gasteiger partial charge in [-0.05, 0) is 50.0 Å². The van der Waals surface area contributed by atoms with Gasteiger partial charge in [0.05, 0.1) is 12.1 Å². The van der Waals surface area contributed by atoms with E-state index in [2.05, 4.69) is 29.0 Å². The molecule has 2 amide bonds. The monoisotopic (exact) mass is 419 g/mol. The van der Waals surface area contributed by atoms with Crippen molar-refractivity contribution < 1.29 is 28.7 Å². The fourth-order valence-corrected chi connectivity index (χ4v) is 2.79. The number of amides is 2. The molecule has 0 bridgehead atoms. The van der Waals surface area contributed by atoms with Gasteiger partial charge in [-0.25, -0.2) is 14.3 Å². The zero-order chi connectivity index (χ0) is 22.3. The average molecular weight is 419 g/mol. The van der Waals surface area contributed by atoms with Crippen LogP contribution in [0.3, 0.4) is 0 Å². The Bertz CT molecular complexity index is 883. The van der Waals surface area contributed by atoms with Gasteiger partial charge >= 0.3 is 0 Å². The number of rotatable bonds is 6. The highest BCUT2D eigenvalue weighted by Crippen LogP contribution is 2.15. The first kappa shape index (κ1) is 23.3. The Hall–Kier alpha value is -2.98. The quantitative estimate of drug-likeness (QED) is 0.308. The lowest BCUT2D eigenvalue weighted by Crippen LogP contribution is -2.57. The first-order chi connectivity index (χ1) is 14.1. The molecule has 9 heteroatoms. The van der Waals surface area contributed by atoms with Crippen LogP contribution in [0.4, 0.5) is 8.78 Å². The van der Waals surface area contributed by atoms with E-state index in [0.29, 0.717) is 18.7 Å². The zero-order valence-electron chi connectivity index (χ0n) is 16.6. The van der Waals surface area contributed by atoms with E-state index in [-0.39, 0.29) is 18.0 Å². The number of nitrogens with zero attached hydrogens (tertiary/aromatic N) is 1. The molecule has 0 radical (unpaired) electrons. The van der Waals surface area contributed by atoms with Gasteiger partial charge in [-0.3, -0.25) is 19.7 Å². The molecule has 4 N–H and O–H groups in total. The molecule has 1 aromatic carbocycles. The summed E-state index contributed by atoms with van der Waals surface area (Å²) < 4.78 is 24.4. The Kier molecular flexibility index (Phi) is 7.90. The molecule has 1 fully saturated rings. The van der Waals surface area contributed by atoms with E-state index < -0.39 is 29.9 Å². The van der Waals surface area contributed by atoms with Gasteiger partial charge in [0.2, 0.25) is 0 Å². The maximum atomic E-state index is 12.3. The molecule has 1 heterocycles. The van der Waals surface area contributed by atoms with Crippen LogP contribution in [0.5, 0.6) is 0 Å². The van der Waals surface area contributed by atoms with E-state index in [9.17, 15) is 23.5 Å². The van der Waals surface area contributed by atoms with Crippen molar-refractivity contribution in [3.63, 3.8) is 0 Å². The molecular formula is C21H23F2N3O4. The van der Waals surface area contributed by atoms with E-state index in [1.165, 1.54) is 31.5 Å². The van der Waals surface area contributed by atoms with Crippen molar-refractivity contribution >= 4 is 11.8 Å². The van der Waals surface area contributed by atoms with Crippen molar-refractivity contribution in [1.29, 1.82) is 0 Å². The van der Waals surface area contributed by atoms with Crippen molar-refractivity contribution in [3.05, 3.63) is 35.4 Å². The SMILES string of the molecule is CC(C)(O)C(NC(=O)c1ccc(C#CC#CC2CN(CC(F)F)C2)cc1)C(=O)NO. The minimum Gasteiger partial charge on any atom is -0.388 e. The second-order valence-electron chi connectivity index (χ2n) is 7.44. The Balaban J connectivity index is 1.92. The van der Waals surface area contributed by atoms with Crippen molar-refractivity contribution in [2.24, 2.45) is 5.92 Å². The van der Waals surface area contributed by atoms with Gasteiger partial charge in [0.1, 0.15) is 6.04 Å². The van der Waals surface area contributed by atoms with Crippen molar-refractivity contribution in [2.45, 2.75) is 31.9 Å². The zero-order valence-corrected chi connectivity index (χ0v) is 16.6. The van der Waals surface area contributed by atoms with Gasteiger partial charge in [0, 0.05) is 30.1 Å². The predicted molar refractivity (Wildman–Crippen MR) is 105 cm³/mol. The number of hydrogen-bond acceptors (Lipinski definition) is 5. The number of carbonyl (C=O) groups is 2. The number of likely N-dealkylation sites (tertiary alicyclic amines) is 1. The summed E-state index contributed by atoms with van der Waals surface area (Å²) in [5.41, 5.74) is 0.667. The molecule has 0 aromatic heterocycles. The second kappa shape index (κ2) is 10.2. The molecule has 1 aliphatic heterocycles. The number of benzene rings is 1. The first-order valence-corrected chi connectivity index (χ1v) is 9.19. The highest BCUT2D eigenvalue weighted by Gasteiger charge is 2.34. The smallest absolute Gasteiger partial charge is 0.268 e. The number of alkyl halides is 2. The molecule has 1 aromatic rings. The van der Waals surface area contributed by atoms with Gasteiger partial charge < -0.3 is 10.4 Å². The molecule has 0 spiro atoms. The van der Waals surface area contributed by atoms with Gasteiger partial charge in [-0.2, -0.15) is 0 Å². The van der Waals surface area contributed by atoms with E-state index in [1.807, 2.05) is 0 Å². The third kappa shape index (κ3) is 6.82. The average Bonchev–Trinajstić information content (AvgIpc) is 2.65. The van der Waals surface area contributed by atoms with Gasteiger partial charge in [-0.15, -0.1) is 0 Å². The summed E-state index contributed by atoms with van der Waals surface area (Å²) >= 11 is 0. The molecule has 1 unspecified atom stereocenters. The summed E-state index contributed by atoms with van der Waals surface area (Å²) in [7, 11) is 0. The van der Waals surface area contributed by atoms with Crippen LogP contribution in [0.15, 0.2) is 24.3 Å². The van der Waals surface area contributed by atoms with Gasteiger partial charge in [0.25, 0.3) is 18.2 Å². The van der Waals surface area contributed by atoms with Crippen LogP contribution < -0.4 is 10.8 Å². The summed E-state index contributed by atoms with van der Waals surface area (Å²) in [5, 5.41) is 21.1. The fraction of sp³-hybridized carbons (Fsp3) is 0.429. The lowest BCUT2D eigenvalue weighted by molar-refractivity contribution is -0.136. The molecule has 2 rings (SSSR count). The first-order valence-electron chi connectivity index (χ1n) is 9.19. The van der Waals surface area contributed by atoms with Gasteiger partial charge in [-0.1, -0.05) is 11.8 Å². The molecule has 7 nitrogen and oxygen atoms in total. The highest BCUT2D eigenvalue weighted by atomic mass is 19.3. The minimum atomic E-state index is -2.34. The number of aliphatic hydroxyl groups is 1. The summed E-state index contributed by atoms with van der Waals surface area (Å²) in [6.07, 6.45) is -2.34. The van der Waals surface area contributed by atoms with Crippen LogP contribution in [-0.4, -0.2) is 64.7 Å². The predicted octanol–water partition coefficient (Wildman–Crippen LogP) is 0.613. The molecular weight excluding hydrogens is 396 g/mol. The van der Waals surface area contributed by atoms with Crippen LogP contribution in [0.25, 0.3) is 0 Å². The van der Waals surface area contributed by atoms with Crippen LogP contribution >= 0.6 is 0 Å². The van der Waals surface area contributed by atoms with E-state index in [0.717, 1.165) is 0 Å². The number of carbonyl (C=O) groups excluding carboxylic acids is 2. The molecule has 0 saturated carbocycles. The van der Waals surface area contributed by atoms with Crippen LogP contribution in [0, 0.1) is 29.6 Å². The lowest BCUT2D eigenvalue weighted by atomic mass is 9.97. The van der Waals surface area contributed by atoms with Crippen molar-refractivity contribution in [3.8, 4) is 23.7 Å². The molecule has 30 heavy (non-hydrogen) atoms. The summed E-state index contributed by atoms with van der Waals surface area (Å²) in [6.45, 7) is 3.45. The summed E-state index contributed by atoms with van der Waals surface area (Å²) in [6, 6.07) is 4.84. The Morgan fingerprint density at radius 2 is 1.87 bits per heavy atom. The number of hydroxylamine groups is 1. The number of hydrogen-bond donors (Lipinski definition) is 4. The summed E-state index contributed by atoms with van der Waals surface area (Å²) in [5.74, 6) is 9.63. The van der Waals surface area contributed by atoms with Crippen molar-refractivity contribution in [2.75, 3.05) is 19.6 Å². The van der Waals surface area contributed by atoms with E-state index in [4.69, 9.17) is 5.21 Å². The maximum Gasteiger partial charge on any atom is 0.268 e. The third-order valence-electron chi connectivity index (χ3n) is 4.40. The highest BCUT2D eigenvalue weighted by molar-refractivity contribution is 5.97. The van der Waals surface area contributed by atoms with Gasteiger partial charge in [0.15, 0.2) is 0 Å². The molecule has 1 atom stereocenters. The molecule has 160 valence electrons. The minimum absolute atomic E-state index is 0.0453. The number of nitrogens with one attached hydrogen (secondary N) is 2. The Morgan fingerprint density at radius 1 is 1.23 bits per heavy atom. The van der Waals surface area contributed by atoms with Crippen molar-refractivity contribution in [1.82, 2.24) is 15.7 Å². The maximum absolute atomic E-state index is 12.3. The van der Waals surface area contributed by atoms with Crippen LogP contribution in [0.2, 0.25) is 0 Å². The second-order valence-corrected chi connectivity index (χ2v) is 7.44. The Labute approximate surface area is 173 Å². The Morgan fingerprint density at radius 3 is 2.40 bits per heavy atom. The van der Waals surface area contributed by atoms with E-state index >= 15 is 0 Å². The third-order valence-corrected chi connectivity index (χ3v) is 4.40. The molecule has 1 aliphatic rings. The number of halogens is 2. The summed E-state index contributed by atoms with van der Waals surface area (Å²) in [4.78, 5) is 25.6. The standard InChI is InChI=1S/C21H23F2N3O4/c1-21(2,29)18(20(28)25-30)24-19(27)16-9-7-14(8-10-16)5-3-4-6-15-11-26(12-15)13-17(22)23/h7-10,15,17-18,29-30H,11-13H2,1-2H3,(H,24,27)(H,25,28). The molecule has 1 saturated heterocycles. The molecule has 0 aliphatic carbocycles. The lowest BCUT2D eigenvalue weighted by Gasteiger charge is -2.35.